The van der Waals surface area contributed by atoms with Crippen LogP contribution in [0.3, 0.4) is 0 Å². The highest BCUT2D eigenvalue weighted by atomic mass is 32.3. The predicted octanol–water partition coefficient (Wildman–Crippen LogP) is 1.62. The summed E-state index contributed by atoms with van der Waals surface area (Å²) in [5, 5.41) is 0. The van der Waals surface area contributed by atoms with Crippen molar-refractivity contribution in [1.82, 2.24) is 0 Å². The Morgan fingerprint density at radius 3 is 2.60 bits per heavy atom. The average Bonchev–Trinajstić information content (AvgIpc) is 2.12. The third kappa shape index (κ3) is 3.14. The molecule has 0 saturated heterocycles. The molecule has 0 amide bonds. The number of hydrogen-bond acceptors (Lipinski definition) is 4. The molecule has 4 nitrogen and oxygen atoms in total. The molecule has 0 fully saturated rings. The van der Waals surface area contributed by atoms with Crippen molar-refractivity contribution in [3.8, 4) is 5.75 Å². The van der Waals surface area contributed by atoms with Crippen LogP contribution in [0.4, 0.5) is 8.78 Å². The van der Waals surface area contributed by atoms with Crippen LogP contribution in [0, 0.1) is 11.6 Å². The summed E-state index contributed by atoms with van der Waals surface area (Å²) < 4.78 is 55.8. The summed E-state index contributed by atoms with van der Waals surface area (Å²) in [4.78, 5) is 0. The zero-order valence-corrected chi connectivity index (χ0v) is 8.55. The molecule has 84 valence electrons. The standard InChI is InChI=1S/C8H8F2O4S/c1-2-13-15(11,12)14-7-5-3-4-6(9)8(7)10/h3-5H,2H2,1H3. The first-order chi connectivity index (χ1) is 6.96. The maximum atomic E-state index is 13.0. The minimum absolute atomic E-state index is 0.154. The normalized spacial score (nSPS) is 11.4. The van der Waals surface area contributed by atoms with Gasteiger partial charge >= 0.3 is 10.4 Å². The third-order valence-corrected chi connectivity index (χ3v) is 2.28. The van der Waals surface area contributed by atoms with Gasteiger partial charge in [0.1, 0.15) is 0 Å². The Hall–Kier alpha value is -1.21. The Balaban J connectivity index is 2.95. The summed E-state index contributed by atoms with van der Waals surface area (Å²) in [6.45, 7) is 1.27. The zero-order valence-electron chi connectivity index (χ0n) is 7.74. The van der Waals surface area contributed by atoms with E-state index in [9.17, 15) is 17.2 Å². The van der Waals surface area contributed by atoms with Gasteiger partial charge in [0.15, 0.2) is 11.6 Å². The number of hydrogen-bond donors (Lipinski definition) is 0. The van der Waals surface area contributed by atoms with E-state index in [0.717, 1.165) is 18.2 Å². The zero-order chi connectivity index (χ0) is 11.5. The van der Waals surface area contributed by atoms with Gasteiger partial charge in [0.25, 0.3) is 0 Å². The molecule has 7 heteroatoms. The summed E-state index contributed by atoms with van der Waals surface area (Å²) >= 11 is 0. The molecule has 0 spiro atoms. The van der Waals surface area contributed by atoms with Gasteiger partial charge in [0, 0.05) is 0 Å². The van der Waals surface area contributed by atoms with Crippen LogP contribution >= 0.6 is 0 Å². The van der Waals surface area contributed by atoms with Gasteiger partial charge in [0.05, 0.1) is 6.61 Å². The van der Waals surface area contributed by atoms with Crippen LogP contribution in [0.2, 0.25) is 0 Å². The van der Waals surface area contributed by atoms with E-state index in [1.54, 1.807) is 0 Å². The molecular weight excluding hydrogens is 230 g/mol. The first kappa shape index (κ1) is 11.9. The lowest BCUT2D eigenvalue weighted by Crippen LogP contribution is -2.14. The largest absolute Gasteiger partial charge is 0.449 e. The van der Waals surface area contributed by atoms with E-state index in [2.05, 4.69) is 8.37 Å². The molecule has 0 bridgehead atoms. The van der Waals surface area contributed by atoms with Crippen LogP contribution in [-0.4, -0.2) is 15.0 Å². The minimum atomic E-state index is -4.33. The monoisotopic (exact) mass is 238 g/mol. The number of rotatable bonds is 4. The molecule has 0 heterocycles. The average molecular weight is 238 g/mol. The Kier molecular flexibility index (Phi) is 3.59. The molecule has 0 aliphatic rings. The van der Waals surface area contributed by atoms with Crippen LogP contribution in [0.15, 0.2) is 18.2 Å². The third-order valence-electron chi connectivity index (χ3n) is 1.37. The van der Waals surface area contributed by atoms with E-state index in [4.69, 9.17) is 0 Å². The smallest absolute Gasteiger partial charge is 0.358 e. The highest BCUT2D eigenvalue weighted by molar-refractivity contribution is 7.82. The summed E-state index contributed by atoms with van der Waals surface area (Å²) in [6, 6.07) is 2.94. The van der Waals surface area contributed by atoms with E-state index in [1.807, 2.05) is 0 Å². The van der Waals surface area contributed by atoms with Gasteiger partial charge in [-0.2, -0.15) is 12.8 Å². The molecule has 15 heavy (non-hydrogen) atoms. The second-order valence-electron chi connectivity index (χ2n) is 2.45. The lowest BCUT2D eigenvalue weighted by Gasteiger charge is -2.06. The second kappa shape index (κ2) is 4.54. The van der Waals surface area contributed by atoms with Crippen molar-refractivity contribution in [2.45, 2.75) is 6.92 Å². The van der Waals surface area contributed by atoms with E-state index < -0.39 is 27.8 Å². The van der Waals surface area contributed by atoms with Crippen molar-refractivity contribution in [2.24, 2.45) is 0 Å². The van der Waals surface area contributed by atoms with Crippen LogP contribution in [0.5, 0.6) is 5.75 Å². The Morgan fingerprint density at radius 2 is 2.00 bits per heavy atom. The molecular formula is C8H8F2O4S. The summed E-state index contributed by atoms with van der Waals surface area (Å²) in [5.74, 6) is -3.30. The van der Waals surface area contributed by atoms with Gasteiger partial charge in [-0.05, 0) is 19.1 Å². The maximum absolute atomic E-state index is 13.0. The Morgan fingerprint density at radius 1 is 1.33 bits per heavy atom. The van der Waals surface area contributed by atoms with Gasteiger partial charge in [-0.3, -0.25) is 0 Å². The SMILES string of the molecule is CCOS(=O)(=O)Oc1cccc(F)c1F. The van der Waals surface area contributed by atoms with Crippen LogP contribution in [-0.2, 0) is 14.6 Å². The lowest BCUT2D eigenvalue weighted by atomic mass is 10.3. The molecule has 1 aromatic rings. The van der Waals surface area contributed by atoms with Crippen molar-refractivity contribution >= 4 is 10.4 Å². The predicted molar refractivity (Wildman–Crippen MR) is 47.5 cm³/mol. The fraction of sp³-hybridized carbons (Fsp3) is 0.250. The van der Waals surface area contributed by atoms with Crippen LogP contribution < -0.4 is 4.18 Å². The molecule has 0 unspecified atom stereocenters. The Labute approximate surface area is 85.8 Å². The topological polar surface area (TPSA) is 52.6 Å². The molecule has 1 aromatic carbocycles. The van der Waals surface area contributed by atoms with Crippen LogP contribution in [0.25, 0.3) is 0 Å². The van der Waals surface area contributed by atoms with Crippen molar-refractivity contribution in [3.05, 3.63) is 29.8 Å². The molecule has 0 aliphatic carbocycles. The van der Waals surface area contributed by atoms with Crippen molar-refractivity contribution in [3.63, 3.8) is 0 Å². The van der Waals surface area contributed by atoms with Crippen molar-refractivity contribution < 1.29 is 25.6 Å². The van der Waals surface area contributed by atoms with Gasteiger partial charge in [-0.15, -0.1) is 0 Å². The highest BCUT2D eigenvalue weighted by Crippen LogP contribution is 2.20. The summed E-state index contributed by atoms with van der Waals surface area (Å²) in [7, 11) is -4.33. The minimum Gasteiger partial charge on any atom is -0.358 e. The fourth-order valence-corrected chi connectivity index (χ4v) is 1.51. The second-order valence-corrected chi connectivity index (χ2v) is 3.67. The van der Waals surface area contributed by atoms with E-state index >= 15 is 0 Å². The molecule has 0 saturated carbocycles. The molecule has 0 atom stereocenters. The first-order valence-electron chi connectivity index (χ1n) is 3.99. The van der Waals surface area contributed by atoms with Crippen molar-refractivity contribution in [2.75, 3.05) is 6.61 Å². The van der Waals surface area contributed by atoms with Gasteiger partial charge in [0.2, 0.25) is 5.82 Å². The molecule has 0 radical (unpaired) electrons. The Bertz CT molecular complexity index is 444. The fourth-order valence-electron chi connectivity index (χ4n) is 0.827. The quantitative estimate of drug-likeness (QED) is 0.799. The molecule has 1 rings (SSSR count). The van der Waals surface area contributed by atoms with Gasteiger partial charge in [-0.1, -0.05) is 6.07 Å². The molecule has 0 N–H and O–H groups in total. The molecule has 0 aliphatic heterocycles. The highest BCUT2D eigenvalue weighted by Gasteiger charge is 2.17. The van der Waals surface area contributed by atoms with E-state index in [1.165, 1.54) is 6.92 Å². The number of benzene rings is 1. The van der Waals surface area contributed by atoms with Crippen molar-refractivity contribution in [1.29, 1.82) is 0 Å². The molecule has 0 aromatic heterocycles. The maximum Gasteiger partial charge on any atom is 0.449 e. The number of halogens is 2. The van der Waals surface area contributed by atoms with Gasteiger partial charge in [-0.25, -0.2) is 8.57 Å². The summed E-state index contributed by atoms with van der Waals surface area (Å²) in [5.41, 5.74) is 0. The summed E-state index contributed by atoms with van der Waals surface area (Å²) in [6.07, 6.45) is 0. The van der Waals surface area contributed by atoms with Gasteiger partial charge < -0.3 is 4.18 Å². The van der Waals surface area contributed by atoms with E-state index in [-0.39, 0.29) is 6.61 Å². The van der Waals surface area contributed by atoms with E-state index in [0.29, 0.717) is 0 Å². The lowest BCUT2D eigenvalue weighted by molar-refractivity contribution is 0.283. The first-order valence-corrected chi connectivity index (χ1v) is 5.32. The van der Waals surface area contributed by atoms with Crippen LogP contribution in [0.1, 0.15) is 6.92 Å².